The normalized spacial score (nSPS) is 11.3. The molecule has 0 saturated carbocycles. The molecular weight excluding hydrogens is 326 g/mol. The Morgan fingerprint density at radius 2 is 2.11 bits per heavy atom. The SMILES string of the molecule is CC(C)Cc1c(-c2ccc(Cl)c(Br)c2)nn(C)c1N. The standard InChI is InChI=1S/C14H17BrClN3/c1-8(2)6-10-13(18-19(3)14(10)17)9-4-5-12(16)11(15)7-9/h4-5,7-8H,6,17H2,1-3H3. The number of aromatic nitrogens is 2. The molecule has 0 aliphatic carbocycles. The first-order valence-corrected chi connectivity index (χ1v) is 7.34. The van der Waals surface area contributed by atoms with Crippen molar-refractivity contribution in [1.82, 2.24) is 9.78 Å². The highest BCUT2D eigenvalue weighted by molar-refractivity contribution is 9.10. The van der Waals surface area contributed by atoms with Gasteiger partial charge in [-0.15, -0.1) is 0 Å². The van der Waals surface area contributed by atoms with Gasteiger partial charge in [-0.05, 0) is 40.4 Å². The molecule has 0 fully saturated rings. The Kier molecular flexibility index (Phi) is 4.21. The number of hydrogen-bond acceptors (Lipinski definition) is 2. The Bertz CT molecular complexity index is 605. The molecule has 0 aliphatic heterocycles. The van der Waals surface area contributed by atoms with Gasteiger partial charge in [-0.3, -0.25) is 4.68 Å². The third-order valence-electron chi connectivity index (χ3n) is 3.00. The van der Waals surface area contributed by atoms with E-state index in [1.54, 1.807) is 4.68 Å². The Labute approximate surface area is 126 Å². The van der Waals surface area contributed by atoms with E-state index in [2.05, 4.69) is 34.9 Å². The third kappa shape index (κ3) is 2.95. The van der Waals surface area contributed by atoms with Crippen LogP contribution in [-0.4, -0.2) is 9.78 Å². The zero-order valence-electron chi connectivity index (χ0n) is 11.2. The molecule has 0 amide bonds. The number of nitrogens with zero attached hydrogens (tertiary/aromatic N) is 2. The minimum absolute atomic E-state index is 0.529. The lowest BCUT2D eigenvalue weighted by atomic mass is 9.99. The van der Waals surface area contributed by atoms with E-state index in [0.717, 1.165) is 33.5 Å². The Morgan fingerprint density at radius 3 is 2.68 bits per heavy atom. The van der Waals surface area contributed by atoms with E-state index >= 15 is 0 Å². The summed E-state index contributed by atoms with van der Waals surface area (Å²) in [6, 6.07) is 5.82. The van der Waals surface area contributed by atoms with Crippen LogP contribution in [0.2, 0.25) is 5.02 Å². The first-order chi connectivity index (χ1) is 8.90. The number of anilines is 1. The van der Waals surface area contributed by atoms with Crippen LogP contribution in [0.4, 0.5) is 5.82 Å². The molecule has 2 N–H and O–H groups in total. The fraction of sp³-hybridized carbons (Fsp3) is 0.357. The summed E-state index contributed by atoms with van der Waals surface area (Å²) >= 11 is 9.48. The summed E-state index contributed by atoms with van der Waals surface area (Å²) in [5, 5.41) is 5.22. The second-order valence-electron chi connectivity index (χ2n) is 5.06. The molecule has 0 unspecified atom stereocenters. The van der Waals surface area contributed by atoms with Crippen LogP contribution >= 0.6 is 27.5 Å². The van der Waals surface area contributed by atoms with E-state index in [1.807, 2.05) is 25.2 Å². The van der Waals surface area contributed by atoms with Gasteiger partial charge in [0.2, 0.25) is 0 Å². The van der Waals surface area contributed by atoms with Crippen molar-refractivity contribution in [3.05, 3.63) is 33.3 Å². The van der Waals surface area contributed by atoms with Crippen molar-refractivity contribution < 1.29 is 0 Å². The zero-order chi connectivity index (χ0) is 14.2. The maximum absolute atomic E-state index is 6.12. The number of nitrogen functional groups attached to an aromatic ring is 1. The molecule has 0 aliphatic rings. The van der Waals surface area contributed by atoms with Gasteiger partial charge in [0.1, 0.15) is 5.82 Å². The summed E-state index contributed by atoms with van der Waals surface area (Å²) in [4.78, 5) is 0. The van der Waals surface area contributed by atoms with Crippen molar-refractivity contribution in [1.29, 1.82) is 0 Å². The molecule has 2 rings (SSSR count). The lowest BCUT2D eigenvalue weighted by Crippen LogP contribution is -2.02. The minimum atomic E-state index is 0.529. The fourth-order valence-corrected chi connectivity index (χ4v) is 2.56. The number of aryl methyl sites for hydroxylation is 1. The minimum Gasteiger partial charge on any atom is -0.384 e. The first-order valence-electron chi connectivity index (χ1n) is 6.17. The zero-order valence-corrected chi connectivity index (χ0v) is 13.6. The van der Waals surface area contributed by atoms with Crippen LogP contribution in [0.1, 0.15) is 19.4 Å². The highest BCUT2D eigenvalue weighted by Crippen LogP contribution is 2.33. The number of nitrogens with two attached hydrogens (primary N) is 1. The van der Waals surface area contributed by atoms with Gasteiger partial charge in [-0.1, -0.05) is 31.5 Å². The predicted molar refractivity (Wildman–Crippen MR) is 84.3 cm³/mol. The van der Waals surface area contributed by atoms with Crippen LogP contribution in [0, 0.1) is 5.92 Å². The molecule has 0 saturated heterocycles. The Hall–Kier alpha value is -1.00. The van der Waals surface area contributed by atoms with Crippen LogP contribution in [0.25, 0.3) is 11.3 Å². The molecule has 19 heavy (non-hydrogen) atoms. The van der Waals surface area contributed by atoms with Crippen LogP contribution in [0.5, 0.6) is 0 Å². The van der Waals surface area contributed by atoms with Gasteiger partial charge in [-0.2, -0.15) is 5.10 Å². The topological polar surface area (TPSA) is 43.8 Å². The Balaban J connectivity index is 2.54. The van der Waals surface area contributed by atoms with E-state index in [9.17, 15) is 0 Å². The van der Waals surface area contributed by atoms with Gasteiger partial charge in [0.25, 0.3) is 0 Å². The van der Waals surface area contributed by atoms with E-state index in [4.69, 9.17) is 17.3 Å². The molecule has 1 heterocycles. The van der Waals surface area contributed by atoms with E-state index in [0.29, 0.717) is 10.9 Å². The first kappa shape index (κ1) is 14.4. The molecule has 0 radical (unpaired) electrons. The number of hydrogen-bond donors (Lipinski definition) is 1. The summed E-state index contributed by atoms with van der Waals surface area (Å²) in [7, 11) is 1.87. The maximum Gasteiger partial charge on any atom is 0.125 e. The highest BCUT2D eigenvalue weighted by atomic mass is 79.9. The molecule has 102 valence electrons. The summed E-state index contributed by atoms with van der Waals surface area (Å²) in [6.45, 7) is 4.35. The number of rotatable bonds is 3. The lowest BCUT2D eigenvalue weighted by molar-refractivity contribution is 0.648. The third-order valence-corrected chi connectivity index (χ3v) is 4.21. The molecule has 3 nitrogen and oxygen atoms in total. The number of benzene rings is 1. The van der Waals surface area contributed by atoms with Gasteiger partial charge >= 0.3 is 0 Å². The van der Waals surface area contributed by atoms with Gasteiger partial charge in [-0.25, -0.2) is 0 Å². The van der Waals surface area contributed by atoms with E-state index in [1.165, 1.54) is 0 Å². The van der Waals surface area contributed by atoms with Crippen LogP contribution in [0.3, 0.4) is 0 Å². The van der Waals surface area contributed by atoms with Gasteiger partial charge in [0.05, 0.1) is 10.7 Å². The van der Waals surface area contributed by atoms with Crippen molar-refractivity contribution in [2.45, 2.75) is 20.3 Å². The molecule has 0 spiro atoms. The van der Waals surface area contributed by atoms with Crippen molar-refractivity contribution in [2.24, 2.45) is 13.0 Å². The van der Waals surface area contributed by atoms with E-state index < -0.39 is 0 Å². The van der Waals surface area contributed by atoms with Crippen molar-refractivity contribution in [3.8, 4) is 11.3 Å². The molecular formula is C14H17BrClN3. The smallest absolute Gasteiger partial charge is 0.125 e. The average Bonchev–Trinajstić information content (AvgIpc) is 2.60. The van der Waals surface area contributed by atoms with Crippen LogP contribution < -0.4 is 5.73 Å². The molecule has 1 aromatic carbocycles. The summed E-state index contributed by atoms with van der Waals surface area (Å²) < 4.78 is 2.60. The van der Waals surface area contributed by atoms with E-state index in [-0.39, 0.29) is 0 Å². The second kappa shape index (κ2) is 5.55. The van der Waals surface area contributed by atoms with Crippen molar-refractivity contribution >= 4 is 33.3 Å². The lowest BCUT2D eigenvalue weighted by Gasteiger charge is -2.07. The van der Waals surface area contributed by atoms with Crippen LogP contribution in [-0.2, 0) is 13.5 Å². The second-order valence-corrected chi connectivity index (χ2v) is 6.32. The molecule has 0 bridgehead atoms. The number of halogens is 2. The predicted octanol–water partition coefficient (Wildman–Crippen LogP) is 4.28. The molecule has 2 aromatic rings. The van der Waals surface area contributed by atoms with Crippen LogP contribution in [0.15, 0.2) is 22.7 Å². The molecule has 1 aromatic heterocycles. The van der Waals surface area contributed by atoms with Crippen molar-refractivity contribution in [2.75, 3.05) is 5.73 Å². The maximum atomic E-state index is 6.12. The van der Waals surface area contributed by atoms with Gasteiger partial charge in [0.15, 0.2) is 0 Å². The largest absolute Gasteiger partial charge is 0.384 e. The quantitative estimate of drug-likeness (QED) is 0.904. The monoisotopic (exact) mass is 341 g/mol. The highest BCUT2D eigenvalue weighted by Gasteiger charge is 2.17. The summed E-state index contributed by atoms with van der Waals surface area (Å²) in [5.74, 6) is 1.26. The van der Waals surface area contributed by atoms with Gasteiger partial charge < -0.3 is 5.73 Å². The van der Waals surface area contributed by atoms with Crippen molar-refractivity contribution in [3.63, 3.8) is 0 Å². The molecule has 5 heteroatoms. The summed E-state index contributed by atoms with van der Waals surface area (Å²) in [6.07, 6.45) is 0.912. The Morgan fingerprint density at radius 1 is 1.42 bits per heavy atom. The summed E-state index contributed by atoms with van der Waals surface area (Å²) in [5.41, 5.74) is 9.19. The molecule has 0 atom stereocenters. The average molecular weight is 343 g/mol. The fourth-order valence-electron chi connectivity index (χ4n) is 2.07. The van der Waals surface area contributed by atoms with Gasteiger partial charge in [0, 0.05) is 22.6 Å².